The normalized spacial score (nSPS) is 10.6. The molecule has 2 heterocycles. The first-order chi connectivity index (χ1) is 7.24. The molecule has 0 fully saturated rings. The summed E-state index contributed by atoms with van der Waals surface area (Å²) in [6, 6.07) is 2.02. The Morgan fingerprint density at radius 2 is 2.33 bits per heavy atom. The number of nitrogens with zero attached hydrogens (tertiary/aromatic N) is 2. The maximum Gasteiger partial charge on any atom is 0.241 e. The number of fused-ring (bicyclic) bond motifs is 1. The molecule has 0 saturated heterocycles. The molecule has 0 aliphatic rings. The molecule has 3 N–H and O–H groups in total. The van der Waals surface area contributed by atoms with Crippen molar-refractivity contribution in [1.29, 1.82) is 0 Å². The number of nitrogens with two attached hydrogens (primary N) is 1. The molecule has 0 unspecified atom stereocenters. The van der Waals surface area contributed by atoms with E-state index >= 15 is 0 Å². The van der Waals surface area contributed by atoms with Crippen LogP contribution in [-0.4, -0.2) is 16.6 Å². The van der Waals surface area contributed by atoms with Gasteiger partial charge in [-0.3, -0.25) is 5.43 Å². The van der Waals surface area contributed by atoms with Crippen molar-refractivity contribution < 1.29 is 4.74 Å². The minimum atomic E-state index is 0.382. The van der Waals surface area contributed by atoms with Crippen LogP contribution in [0.1, 0.15) is 11.8 Å². The van der Waals surface area contributed by atoms with Crippen molar-refractivity contribution in [2.75, 3.05) is 12.0 Å². The summed E-state index contributed by atoms with van der Waals surface area (Å²) in [6.07, 6.45) is 0. The number of aromatic nitrogens is 2. The zero-order valence-corrected chi connectivity index (χ0v) is 9.39. The third kappa shape index (κ3) is 1.86. The molecule has 0 spiro atoms. The lowest BCUT2D eigenvalue weighted by Gasteiger charge is -2.04. The monoisotopic (exact) mass is 224 g/mol. The van der Waals surface area contributed by atoms with Crippen LogP contribution in [0.2, 0.25) is 0 Å². The van der Waals surface area contributed by atoms with Crippen LogP contribution in [0.4, 0.5) is 5.95 Å². The predicted molar refractivity (Wildman–Crippen MR) is 61.1 cm³/mol. The molecule has 0 radical (unpaired) electrons. The largest absolute Gasteiger partial charge is 0.477 e. The number of ether oxygens (including phenoxy) is 1. The van der Waals surface area contributed by atoms with Gasteiger partial charge in [0.2, 0.25) is 11.8 Å². The van der Waals surface area contributed by atoms with Gasteiger partial charge in [0, 0.05) is 4.88 Å². The quantitative estimate of drug-likeness (QED) is 0.613. The first kappa shape index (κ1) is 10.1. The Labute approximate surface area is 91.3 Å². The Bertz CT molecular complexity index is 482. The van der Waals surface area contributed by atoms with Crippen LogP contribution in [0, 0.1) is 6.92 Å². The van der Waals surface area contributed by atoms with Crippen LogP contribution < -0.4 is 16.0 Å². The second kappa shape index (κ2) is 4.00. The summed E-state index contributed by atoms with van der Waals surface area (Å²) in [5, 5.41) is 0.943. The average Bonchev–Trinajstić information content (AvgIpc) is 2.58. The van der Waals surface area contributed by atoms with Gasteiger partial charge in [-0.15, -0.1) is 11.3 Å². The minimum Gasteiger partial charge on any atom is -0.477 e. The summed E-state index contributed by atoms with van der Waals surface area (Å²) in [6.45, 7) is 4.52. The van der Waals surface area contributed by atoms with Gasteiger partial charge in [0.1, 0.15) is 4.83 Å². The number of rotatable bonds is 3. The molecule has 0 atom stereocenters. The first-order valence-corrected chi connectivity index (χ1v) is 5.44. The van der Waals surface area contributed by atoms with Crippen molar-refractivity contribution in [3.63, 3.8) is 0 Å². The number of nitrogen functional groups attached to an aromatic ring is 1. The molecular formula is C9H12N4OS. The van der Waals surface area contributed by atoms with E-state index in [0.29, 0.717) is 18.4 Å². The third-order valence-electron chi connectivity index (χ3n) is 1.89. The molecule has 0 amide bonds. The molecule has 0 aliphatic carbocycles. The van der Waals surface area contributed by atoms with Gasteiger partial charge in [0.15, 0.2) is 0 Å². The Morgan fingerprint density at radius 1 is 1.53 bits per heavy atom. The molecule has 2 aromatic heterocycles. The zero-order chi connectivity index (χ0) is 10.8. The van der Waals surface area contributed by atoms with Crippen molar-refractivity contribution in [3.8, 4) is 5.88 Å². The number of nitrogens with one attached hydrogen (secondary N) is 1. The Hall–Kier alpha value is -1.40. The number of hydrogen-bond acceptors (Lipinski definition) is 6. The summed E-state index contributed by atoms with van der Waals surface area (Å²) < 4.78 is 5.43. The molecule has 6 heteroatoms. The first-order valence-electron chi connectivity index (χ1n) is 4.62. The van der Waals surface area contributed by atoms with Crippen molar-refractivity contribution in [2.45, 2.75) is 13.8 Å². The highest BCUT2D eigenvalue weighted by atomic mass is 32.1. The SMILES string of the molecule is CCOc1nc(NN)nc2sc(C)cc12. The number of aryl methyl sites for hydroxylation is 1. The number of thiophene rings is 1. The van der Waals surface area contributed by atoms with E-state index in [1.54, 1.807) is 11.3 Å². The topological polar surface area (TPSA) is 73.1 Å². The third-order valence-corrected chi connectivity index (χ3v) is 2.84. The van der Waals surface area contributed by atoms with E-state index < -0.39 is 0 Å². The van der Waals surface area contributed by atoms with Crippen molar-refractivity contribution in [1.82, 2.24) is 9.97 Å². The molecule has 2 rings (SSSR count). The molecule has 0 aliphatic heterocycles. The van der Waals surface area contributed by atoms with E-state index in [-0.39, 0.29) is 0 Å². The maximum absolute atomic E-state index is 5.43. The van der Waals surface area contributed by atoms with E-state index in [4.69, 9.17) is 10.6 Å². The van der Waals surface area contributed by atoms with E-state index in [0.717, 1.165) is 10.2 Å². The van der Waals surface area contributed by atoms with Crippen LogP contribution in [0.25, 0.3) is 10.2 Å². The lowest BCUT2D eigenvalue weighted by atomic mass is 10.3. The molecule has 0 bridgehead atoms. The average molecular weight is 224 g/mol. The number of hydrazine groups is 1. The Kier molecular flexibility index (Phi) is 2.70. The van der Waals surface area contributed by atoms with Gasteiger partial charge in [0.05, 0.1) is 12.0 Å². The summed E-state index contributed by atoms with van der Waals surface area (Å²) in [7, 11) is 0. The van der Waals surface area contributed by atoms with E-state index in [1.165, 1.54) is 4.88 Å². The van der Waals surface area contributed by atoms with Gasteiger partial charge < -0.3 is 4.74 Å². The van der Waals surface area contributed by atoms with Crippen LogP contribution in [0.3, 0.4) is 0 Å². The van der Waals surface area contributed by atoms with Crippen LogP contribution in [0.5, 0.6) is 5.88 Å². The van der Waals surface area contributed by atoms with Crippen LogP contribution in [0.15, 0.2) is 6.07 Å². The highest BCUT2D eigenvalue weighted by Crippen LogP contribution is 2.30. The van der Waals surface area contributed by atoms with Crippen molar-refractivity contribution in [2.24, 2.45) is 5.84 Å². The van der Waals surface area contributed by atoms with E-state index in [1.807, 2.05) is 19.9 Å². The molecule has 80 valence electrons. The fourth-order valence-electron chi connectivity index (χ4n) is 1.33. The lowest BCUT2D eigenvalue weighted by molar-refractivity contribution is 0.331. The lowest BCUT2D eigenvalue weighted by Crippen LogP contribution is -2.11. The second-order valence-electron chi connectivity index (χ2n) is 3.01. The van der Waals surface area contributed by atoms with Crippen molar-refractivity contribution in [3.05, 3.63) is 10.9 Å². The highest BCUT2D eigenvalue weighted by Gasteiger charge is 2.10. The van der Waals surface area contributed by atoms with Gasteiger partial charge in [-0.05, 0) is 19.9 Å². The van der Waals surface area contributed by atoms with Gasteiger partial charge in [-0.25, -0.2) is 10.8 Å². The molecule has 0 aromatic carbocycles. The van der Waals surface area contributed by atoms with Crippen LogP contribution >= 0.6 is 11.3 Å². The summed E-state index contributed by atoms with van der Waals surface area (Å²) in [5.41, 5.74) is 2.43. The fourth-order valence-corrected chi connectivity index (χ4v) is 2.20. The summed E-state index contributed by atoms with van der Waals surface area (Å²) in [4.78, 5) is 10.5. The minimum absolute atomic E-state index is 0.382. The number of hydrogen-bond donors (Lipinski definition) is 2. The molecule has 15 heavy (non-hydrogen) atoms. The van der Waals surface area contributed by atoms with Crippen molar-refractivity contribution >= 4 is 27.5 Å². The predicted octanol–water partition coefficient (Wildman–Crippen LogP) is 1.68. The zero-order valence-electron chi connectivity index (χ0n) is 8.57. The highest BCUT2D eigenvalue weighted by molar-refractivity contribution is 7.18. The summed E-state index contributed by atoms with van der Waals surface area (Å²) in [5.74, 6) is 6.25. The molecule has 0 saturated carbocycles. The van der Waals surface area contributed by atoms with Gasteiger partial charge in [-0.1, -0.05) is 0 Å². The summed E-state index contributed by atoms with van der Waals surface area (Å²) >= 11 is 1.60. The standard InChI is InChI=1S/C9H12N4OS/c1-3-14-7-6-4-5(2)15-8(6)12-9(11-7)13-10/h4H,3,10H2,1-2H3,(H,11,12,13). The van der Waals surface area contributed by atoms with Gasteiger partial charge in [-0.2, -0.15) is 4.98 Å². The Morgan fingerprint density at radius 3 is 3.00 bits per heavy atom. The van der Waals surface area contributed by atoms with E-state index in [2.05, 4.69) is 15.4 Å². The Balaban J connectivity index is 2.62. The smallest absolute Gasteiger partial charge is 0.241 e. The molecular weight excluding hydrogens is 212 g/mol. The van der Waals surface area contributed by atoms with Gasteiger partial charge >= 0.3 is 0 Å². The number of anilines is 1. The maximum atomic E-state index is 5.43. The fraction of sp³-hybridized carbons (Fsp3) is 0.333. The second-order valence-corrected chi connectivity index (χ2v) is 4.24. The van der Waals surface area contributed by atoms with E-state index in [9.17, 15) is 0 Å². The molecule has 2 aromatic rings. The van der Waals surface area contributed by atoms with Gasteiger partial charge in [0.25, 0.3) is 0 Å². The molecule has 5 nitrogen and oxygen atoms in total. The van der Waals surface area contributed by atoms with Crippen LogP contribution in [-0.2, 0) is 0 Å².